The number of nitrogens with one attached hydrogen (secondary N) is 3. The molecule has 4 rings (SSSR count). The second-order valence-corrected chi connectivity index (χ2v) is 5.10. The molecule has 0 bridgehead atoms. The molecule has 1 aromatic carbocycles. The first-order valence-corrected chi connectivity index (χ1v) is 6.91. The third kappa shape index (κ3) is 2.16. The van der Waals surface area contributed by atoms with Gasteiger partial charge >= 0.3 is 0 Å². The zero-order valence-corrected chi connectivity index (χ0v) is 11.5. The molecule has 1 atom stereocenters. The van der Waals surface area contributed by atoms with E-state index in [1.807, 2.05) is 24.3 Å². The van der Waals surface area contributed by atoms with Crippen LogP contribution >= 0.6 is 0 Å². The highest BCUT2D eigenvalue weighted by atomic mass is 16.5. The summed E-state index contributed by atoms with van der Waals surface area (Å²) in [5.41, 5.74) is 2.03. The van der Waals surface area contributed by atoms with Gasteiger partial charge in [0.15, 0.2) is 18.9 Å². The van der Waals surface area contributed by atoms with Gasteiger partial charge in [0.25, 0.3) is 0 Å². The average Bonchev–Trinajstić information content (AvgIpc) is 3.11. The molecule has 0 fully saturated rings. The monoisotopic (exact) mass is 301 g/mol. The van der Waals surface area contributed by atoms with Crippen LogP contribution in [0.25, 0.3) is 0 Å². The number of aliphatic hydroxyl groups is 2. The van der Waals surface area contributed by atoms with Crippen LogP contribution in [0.1, 0.15) is 0 Å². The standard InChI is InChI=1S/C15H15N3O4/c19-15(20)9-3-4-16-11-6-13(18-14(9)11)22-8-1-2-10-12(5-8)21-7-17-10/h1-6,11,15-20H,7H2. The fourth-order valence-electron chi connectivity index (χ4n) is 2.64. The Morgan fingerprint density at radius 2 is 2.23 bits per heavy atom. The van der Waals surface area contributed by atoms with E-state index in [0.29, 0.717) is 29.6 Å². The Balaban J connectivity index is 1.55. The lowest BCUT2D eigenvalue weighted by Crippen LogP contribution is -2.32. The molecule has 5 N–H and O–H groups in total. The topological polar surface area (TPSA) is 95.0 Å². The summed E-state index contributed by atoms with van der Waals surface area (Å²) in [5, 5.41) is 28.1. The maximum atomic E-state index is 9.40. The molecular weight excluding hydrogens is 286 g/mol. The minimum atomic E-state index is -1.53. The molecule has 0 radical (unpaired) electrons. The van der Waals surface area contributed by atoms with Crippen LogP contribution in [0.2, 0.25) is 0 Å². The van der Waals surface area contributed by atoms with Crippen LogP contribution in [0.4, 0.5) is 5.69 Å². The fourth-order valence-corrected chi connectivity index (χ4v) is 2.64. The molecule has 22 heavy (non-hydrogen) atoms. The van der Waals surface area contributed by atoms with Crippen LogP contribution in [0, 0.1) is 0 Å². The van der Waals surface area contributed by atoms with Crippen molar-refractivity contribution >= 4 is 5.69 Å². The van der Waals surface area contributed by atoms with Crippen molar-refractivity contribution in [3.63, 3.8) is 0 Å². The molecule has 3 aliphatic rings. The lowest BCUT2D eigenvalue weighted by Gasteiger charge is -2.20. The number of ether oxygens (including phenoxy) is 2. The summed E-state index contributed by atoms with van der Waals surface area (Å²) in [5.74, 6) is 1.92. The second-order valence-electron chi connectivity index (χ2n) is 5.10. The van der Waals surface area contributed by atoms with Crippen molar-refractivity contribution in [2.45, 2.75) is 12.3 Å². The Bertz CT molecular complexity index is 709. The maximum absolute atomic E-state index is 9.40. The van der Waals surface area contributed by atoms with Crippen LogP contribution in [-0.4, -0.2) is 29.3 Å². The van der Waals surface area contributed by atoms with Gasteiger partial charge in [0.1, 0.15) is 11.5 Å². The van der Waals surface area contributed by atoms with E-state index in [-0.39, 0.29) is 6.04 Å². The third-order valence-electron chi connectivity index (χ3n) is 3.69. The van der Waals surface area contributed by atoms with E-state index in [1.165, 1.54) is 0 Å². The fraction of sp³-hybridized carbons (Fsp3) is 0.200. The molecule has 7 heteroatoms. The summed E-state index contributed by atoms with van der Waals surface area (Å²) in [6.07, 6.45) is 3.61. The highest BCUT2D eigenvalue weighted by Crippen LogP contribution is 2.34. The zero-order chi connectivity index (χ0) is 15.1. The highest BCUT2D eigenvalue weighted by Gasteiger charge is 2.28. The number of dihydropyridines is 1. The number of benzene rings is 1. The van der Waals surface area contributed by atoms with Gasteiger partial charge in [0, 0.05) is 17.7 Å². The molecule has 0 saturated carbocycles. The SMILES string of the molecule is OC(O)C1=C2NC(Oc3ccc4c(c3)OCN4)=CC2NC=C1. The Hall–Kier alpha value is -2.64. The molecule has 3 aliphatic heterocycles. The first kappa shape index (κ1) is 13.1. The minimum Gasteiger partial charge on any atom is -0.471 e. The smallest absolute Gasteiger partial charge is 0.196 e. The molecule has 0 amide bonds. The quantitative estimate of drug-likeness (QED) is 0.513. The number of rotatable bonds is 3. The summed E-state index contributed by atoms with van der Waals surface area (Å²) >= 11 is 0. The average molecular weight is 301 g/mol. The molecule has 7 nitrogen and oxygen atoms in total. The van der Waals surface area contributed by atoms with Gasteiger partial charge in [-0.2, -0.15) is 0 Å². The van der Waals surface area contributed by atoms with Crippen LogP contribution in [-0.2, 0) is 0 Å². The number of aliphatic hydroxyl groups excluding tert-OH is 1. The zero-order valence-electron chi connectivity index (χ0n) is 11.5. The molecule has 0 aromatic heterocycles. The van der Waals surface area contributed by atoms with Gasteiger partial charge in [0.05, 0.1) is 17.4 Å². The number of hydrogen-bond donors (Lipinski definition) is 5. The first-order chi connectivity index (χ1) is 10.7. The highest BCUT2D eigenvalue weighted by molar-refractivity contribution is 5.61. The van der Waals surface area contributed by atoms with E-state index in [9.17, 15) is 10.2 Å². The Labute approximate surface area is 126 Å². The van der Waals surface area contributed by atoms with Gasteiger partial charge in [-0.05, 0) is 24.4 Å². The molecule has 114 valence electrons. The van der Waals surface area contributed by atoms with Gasteiger partial charge in [-0.1, -0.05) is 0 Å². The summed E-state index contributed by atoms with van der Waals surface area (Å²) in [6.45, 7) is 0.460. The maximum Gasteiger partial charge on any atom is 0.196 e. The van der Waals surface area contributed by atoms with Crippen molar-refractivity contribution in [3.8, 4) is 11.5 Å². The van der Waals surface area contributed by atoms with Crippen molar-refractivity contribution in [2.75, 3.05) is 12.0 Å². The lowest BCUT2D eigenvalue weighted by molar-refractivity contribution is -0.00633. The molecule has 3 heterocycles. The number of anilines is 1. The van der Waals surface area contributed by atoms with E-state index < -0.39 is 6.29 Å². The Morgan fingerprint density at radius 3 is 3.09 bits per heavy atom. The molecule has 0 saturated heterocycles. The van der Waals surface area contributed by atoms with Gasteiger partial charge in [0.2, 0.25) is 0 Å². The van der Waals surface area contributed by atoms with Crippen LogP contribution < -0.4 is 25.4 Å². The van der Waals surface area contributed by atoms with Crippen LogP contribution in [0.3, 0.4) is 0 Å². The van der Waals surface area contributed by atoms with Gasteiger partial charge in [-0.3, -0.25) is 0 Å². The van der Waals surface area contributed by atoms with Crippen LogP contribution in [0.15, 0.2) is 53.7 Å². The molecule has 1 aromatic rings. The first-order valence-electron chi connectivity index (χ1n) is 6.91. The summed E-state index contributed by atoms with van der Waals surface area (Å²) < 4.78 is 11.2. The van der Waals surface area contributed by atoms with Crippen molar-refractivity contribution in [3.05, 3.63) is 53.7 Å². The predicted octanol–water partition coefficient (Wildman–Crippen LogP) is 0.322. The van der Waals surface area contributed by atoms with Crippen molar-refractivity contribution in [2.24, 2.45) is 0 Å². The van der Waals surface area contributed by atoms with E-state index in [2.05, 4.69) is 16.0 Å². The molecular formula is C15H15N3O4. The molecule has 0 spiro atoms. The van der Waals surface area contributed by atoms with Crippen LogP contribution in [0.5, 0.6) is 11.5 Å². The molecule has 0 aliphatic carbocycles. The predicted molar refractivity (Wildman–Crippen MR) is 78.7 cm³/mol. The Morgan fingerprint density at radius 1 is 1.32 bits per heavy atom. The van der Waals surface area contributed by atoms with E-state index in [4.69, 9.17) is 9.47 Å². The van der Waals surface area contributed by atoms with E-state index in [0.717, 1.165) is 11.4 Å². The summed E-state index contributed by atoms with van der Waals surface area (Å²) in [7, 11) is 0. The summed E-state index contributed by atoms with van der Waals surface area (Å²) in [4.78, 5) is 0. The van der Waals surface area contributed by atoms with Gasteiger partial charge < -0.3 is 35.6 Å². The molecule has 1 unspecified atom stereocenters. The largest absolute Gasteiger partial charge is 0.471 e. The minimum absolute atomic E-state index is 0.163. The van der Waals surface area contributed by atoms with Crippen molar-refractivity contribution in [1.82, 2.24) is 10.6 Å². The number of fused-ring (bicyclic) bond motifs is 2. The lowest BCUT2D eigenvalue weighted by atomic mass is 10.1. The normalized spacial score (nSPS) is 21.4. The van der Waals surface area contributed by atoms with E-state index >= 15 is 0 Å². The third-order valence-corrected chi connectivity index (χ3v) is 3.69. The summed E-state index contributed by atoms with van der Waals surface area (Å²) in [6, 6.07) is 5.38. The van der Waals surface area contributed by atoms with Crippen molar-refractivity contribution < 1.29 is 19.7 Å². The van der Waals surface area contributed by atoms with E-state index in [1.54, 1.807) is 12.3 Å². The van der Waals surface area contributed by atoms with Gasteiger partial charge in [-0.15, -0.1) is 0 Å². The van der Waals surface area contributed by atoms with Gasteiger partial charge in [-0.25, -0.2) is 0 Å². The Kier molecular flexibility index (Phi) is 2.95. The second kappa shape index (κ2) is 4.97. The van der Waals surface area contributed by atoms with Crippen molar-refractivity contribution in [1.29, 1.82) is 0 Å². The number of hydrogen-bond acceptors (Lipinski definition) is 7.